The molecule has 0 radical (unpaired) electrons. The van der Waals surface area contributed by atoms with Crippen molar-refractivity contribution >= 4 is 46.2 Å². The molecule has 1 aliphatic rings. The molecule has 5 rings (SSSR count). The molecule has 1 N–H and O–H groups in total. The Morgan fingerprint density at radius 2 is 1.82 bits per heavy atom. The predicted molar refractivity (Wildman–Crippen MR) is 162 cm³/mol. The van der Waals surface area contributed by atoms with Crippen LogP contribution in [0.1, 0.15) is 40.3 Å². The summed E-state index contributed by atoms with van der Waals surface area (Å²) in [6.45, 7) is 7.24. The lowest BCUT2D eigenvalue weighted by Crippen LogP contribution is -2.29. The highest BCUT2D eigenvalue weighted by molar-refractivity contribution is 7.80. The fourth-order valence-corrected chi connectivity index (χ4v) is 5.96. The van der Waals surface area contributed by atoms with E-state index in [1.165, 1.54) is 0 Å². The van der Waals surface area contributed by atoms with Crippen LogP contribution < -0.4 is 15.0 Å². The van der Waals surface area contributed by atoms with E-state index in [9.17, 15) is 0 Å². The molecule has 0 spiro atoms. The molecule has 0 bridgehead atoms. The van der Waals surface area contributed by atoms with Crippen LogP contribution in [0.4, 0.5) is 5.69 Å². The van der Waals surface area contributed by atoms with Gasteiger partial charge in [-0.05, 0) is 92.6 Å². The topological polar surface area (TPSA) is 51.6 Å². The number of nitrogens with zero attached hydrogens (tertiary/aromatic N) is 3. The van der Waals surface area contributed by atoms with Crippen LogP contribution in [0, 0.1) is 20.8 Å². The molecular formula is C30H30Cl2N4O2S. The monoisotopic (exact) mass is 580 g/mol. The van der Waals surface area contributed by atoms with Gasteiger partial charge in [-0.25, -0.2) is 0 Å². The van der Waals surface area contributed by atoms with Crippen molar-refractivity contribution in [1.29, 1.82) is 0 Å². The standard InChI is InChI=1S/C30H30Cl2N4O2S/c1-18-8-9-21(31)16-26(18)35-19(2)15-23(20(35)3)29-28(25-7-5-6-12-33-25)34-30(39)36(29)22-10-11-27(24(32)17-22)38-14-13-37-4/h5-12,15-17,28-29H,13-14H2,1-4H3,(H,34,39)/t28-,29-/m1/s1. The Morgan fingerprint density at radius 3 is 2.54 bits per heavy atom. The van der Waals surface area contributed by atoms with Gasteiger partial charge in [0, 0.05) is 41.1 Å². The van der Waals surface area contributed by atoms with Crippen molar-refractivity contribution in [1.82, 2.24) is 14.9 Å². The number of hydrogen-bond donors (Lipinski definition) is 1. The van der Waals surface area contributed by atoms with E-state index in [0.717, 1.165) is 39.6 Å². The van der Waals surface area contributed by atoms with Gasteiger partial charge in [-0.3, -0.25) is 4.98 Å². The minimum Gasteiger partial charge on any atom is -0.490 e. The van der Waals surface area contributed by atoms with Gasteiger partial charge < -0.3 is 24.3 Å². The smallest absolute Gasteiger partial charge is 0.174 e. The number of halogens is 2. The summed E-state index contributed by atoms with van der Waals surface area (Å²) in [5.41, 5.74) is 7.30. The molecule has 0 aliphatic carbocycles. The molecule has 1 saturated heterocycles. The van der Waals surface area contributed by atoms with Gasteiger partial charge in [-0.15, -0.1) is 0 Å². The zero-order valence-corrected chi connectivity index (χ0v) is 24.6. The van der Waals surface area contributed by atoms with Crippen LogP contribution in [-0.4, -0.2) is 35.0 Å². The normalized spacial score (nSPS) is 17.0. The third-order valence-corrected chi connectivity index (χ3v) is 7.88. The molecule has 4 aromatic rings. The minimum absolute atomic E-state index is 0.176. The summed E-state index contributed by atoms with van der Waals surface area (Å²) >= 11 is 19.0. The SMILES string of the molecule is COCCOc1ccc(N2C(=S)N[C@H](c3ccccn3)[C@H]2c2cc(C)n(-c3cc(Cl)ccc3C)c2C)cc1Cl. The molecule has 6 nitrogen and oxygen atoms in total. The number of rotatable bonds is 8. The van der Waals surface area contributed by atoms with Crippen LogP contribution in [0.2, 0.25) is 10.0 Å². The second-order valence-corrected chi connectivity index (χ2v) is 10.8. The third-order valence-electron chi connectivity index (χ3n) is 7.04. The molecule has 0 unspecified atom stereocenters. The first-order chi connectivity index (χ1) is 18.8. The van der Waals surface area contributed by atoms with Gasteiger partial charge >= 0.3 is 0 Å². The van der Waals surface area contributed by atoms with Crippen LogP contribution in [0.25, 0.3) is 5.69 Å². The number of nitrogens with one attached hydrogen (secondary N) is 1. The summed E-state index contributed by atoms with van der Waals surface area (Å²) in [6.07, 6.45) is 1.81. The van der Waals surface area contributed by atoms with Crippen molar-refractivity contribution in [3.8, 4) is 11.4 Å². The first kappa shape index (κ1) is 27.5. The van der Waals surface area contributed by atoms with Gasteiger partial charge in [0.25, 0.3) is 0 Å². The van der Waals surface area contributed by atoms with Crippen LogP contribution in [-0.2, 0) is 4.74 Å². The maximum absolute atomic E-state index is 6.67. The van der Waals surface area contributed by atoms with Crippen molar-refractivity contribution < 1.29 is 9.47 Å². The van der Waals surface area contributed by atoms with Crippen molar-refractivity contribution in [3.63, 3.8) is 0 Å². The highest BCUT2D eigenvalue weighted by atomic mass is 35.5. The summed E-state index contributed by atoms with van der Waals surface area (Å²) in [5.74, 6) is 0.600. The lowest BCUT2D eigenvalue weighted by atomic mass is 9.96. The Kier molecular flexibility index (Phi) is 8.14. The number of ether oxygens (including phenoxy) is 2. The second kappa shape index (κ2) is 11.6. The highest BCUT2D eigenvalue weighted by Crippen LogP contribution is 2.45. The molecule has 9 heteroatoms. The maximum Gasteiger partial charge on any atom is 0.174 e. The number of aromatic nitrogens is 2. The summed E-state index contributed by atoms with van der Waals surface area (Å²) in [4.78, 5) is 6.81. The molecule has 0 amide bonds. The summed E-state index contributed by atoms with van der Waals surface area (Å²) in [7, 11) is 1.64. The quantitative estimate of drug-likeness (QED) is 0.174. The second-order valence-electron chi connectivity index (χ2n) is 9.55. The molecule has 1 fully saturated rings. The molecule has 2 atom stereocenters. The summed E-state index contributed by atoms with van der Waals surface area (Å²) in [6, 6.07) is 19.5. The number of anilines is 1. The van der Waals surface area contributed by atoms with E-state index in [-0.39, 0.29) is 12.1 Å². The van der Waals surface area contributed by atoms with Crippen LogP contribution in [0.5, 0.6) is 5.75 Å². The number of thiocarbonyl (C=S) groups is 1. The summed E-state index contributed by atoms with van der Waals surface area (Å²) < 4.78 is 13.1. The number of methoxy groups -OCH3 is 1. The molecule has 2 aromatic heterocycles. The maximum atomic E-state index is 6.67. The van der Waals surface area contributed by atoms with Gasteiger partial charge in [-0.1, -0.05) is 35.3 Å². The van der Waals surface area contributed by atoms with Crippen LogP contribution in [0.15, 0.2) is 66.9 Å². The van der Waals surface area contributed by atoms with E-state index >= 15 is 0 Å². The molecule has 1 aliphatic heterocycles. The third kappa shape index (κ3) is 5.37. The average molecular weight is 582 g/mol. The molecular weight excluding hydrogens is 551 g/mol. The largest absolute Gasteiger partial charge is 0.490 e. The van der Waals surface area contributed by atoms with Gasteiger partial charge in [0.05, 0.1) is 29.4 Å². The van der Waals surface area contributed by atoms with Gasteiger partial charge in [0.15, 0.2) is 5.11 Å². The van der Waals surface area contributed by atoms with E-state index in [1.54, 1.807) is 13.3 Å². The van der Waals surface area contributed by atoms with Gasteiger partial charge in [0.2, 0.25) is 0 Å². The Labute approximate surface area is 244 Å². The van der Waals surface area contributed by atoms with E-state index in [2.05, 4.69) is 46.6 Å². The van der Waals surface area contributed by atoms with Crippen LogP contribution in [0.3, 0.4) is 0 Å². The lowest BCUT2D eigenvalue weighted by molar-refractivity contribution is 0.146. The zero-order valence-electron chi connectivity index (χ0n) is 22.2. The van der Waals surface area contributed by atoms with E-state index in [1.807, 2.05) is 54.6 Å². The van der Waals surface area contributed by atoms with Crippen molar-refractivity contribution in [2.24, 2.45) is 0 Å². The molecule has 0 saturated carbocycles. The Bertz CT molecular complexity index is 1510. The van der Waals surface area contributed by atoms with E-state index < -0.39 is 0 Å². The van der Waals surface area contributed by atoms with Crippen LogP contribution >= 0.6 is 35.4 Å². The number of pyridine rings is 1. The molecule has 2 aromatic carbocycles. The van der Waals surface area contributed by atoms with Crippen molar-refractivity contribution in [2.45, 2.75) is 32.9 Å². The number of benzene rings is 2. The van der Waals surface area contributed by atoms with Crippen molar-refractivity contribution in [2.75, 3.05) is 25.2 Å². The molecule has 3 heterocycles. The lowest BCUT2D eigenvalue weighted by Gasteiger charge is -2.28. The Morgan fingerprint density at radius 1 is 1.00 bits per heavy atom. The minimum atomic E-state index is -0.178. The first-order valence-corrected chi connectivity index (χ1v) is 13.8. The Balaban J connectivity index is 1.62. The fourth-order valence-electron chi connectivity index (χ4n) is 5.22. The van der Waals surface area contributed by atoms with Gasteiger partial charge in [-0.2, -0.15) is 0 Å². The van der Waals surface area contributed by atoms with E-state index in [4.69, 9.17) is 44.9 Å². The molecule has 202 valence electrons. The Hall–Kier alpha value is -3.10. The number of aryl methyl sites for hydroxylation is 2. The highest BCUT2D eigenvalue weighted by Gasteiger charge is 2.42. The first-order valence-electron chi connectivity index (χ1n) is 12.7. The van der Waals surface area contributed by atoms with E-state index in [0.29, 0.717) is 34.1 Å². The average Bonchev–Trinajstić information content (AvgIpc) is 3.42. The number of hydrogen-bond acceptors (Lipinski definition) is 4. The predicted octanol–water partition coefficient (Wildman–Crippen LogP) is 7.31. The molecule has 39 heavy (non-hydrogen) atoms. The van der Waals surface area contributed by atoms with Crippen molar-refractivity contribution in [3.05, 3.63) is 105 Å². The van der Waals surface area contributed by atoms with Gasteiger partial charge in [0.1, 0.15) is 12.4 Å². The summed E-state index contributed by atoms with van der Waals surface area (Å²) in [5, 5.41) is 5.34. The zero-order chi connectivity index (χ0) is 27.7. The fraction of sp³-hybridized carbons (Fsp3) is 0.267.